The third kappa shape index (κ3) is 4.76. The van der Waals surface area contributed by atoms with Gasteiger partial charge < -0.3 is 14.5 Å². The van der Waals surface area contributed by atoms with Gasteiger partial charge in [-0.2, -0.15) is 10.5 Å². The number of nitrogens with zero attached hydrogens (tertiary/aromatic N) is 5. The highest BCUT2D eigenvalue weighted by molar-refractivity contribution is 5.78. The first-order valence-corrected chi connectivity index (χ1v) is 12.0. The molecule has 0 bridgehead atoms. The molecule has 2 heterocycles. The molecule has 0 spiro atoms. The number of carbonyl (C=O) groups is 1. The topological polar surface area (TPSA) is 93.2 Å². The van der Waals surface area contributed by atoms with E-state index in [0.717, 1.165) is 29.7 Å². The standard InChI is InChI=1S/C27H31N5O2/c1-18(2)24-17-31(11-12-32(24)25(33)10-13-34-3)27-21(16-29)14-23(26(30-27)19-8-9-19)22-7-5-4-6-20(22)15-28/h4-7,14,18-19,24H,8-13,17H2,1-3H3. The zero-order chi connectivity index (χ0) is 24.2. The van der Waals surface area contributed by atoms with E-state index in [1.54, 1.807) is 13.2 Å². The highest BCUT2D eigenvalue weighted by atomic mass is 16.5. The Balaban J connectivity index is 1.70. The second-order valence-electron chi connectivity index (χ2n) is 9.42. The number of pyridine rings is 1. The quantitative estimate of drug-likeness (QED) is 0.622. The van der Waals surface area contributed by atoms with E-state index >= 15 is 0 Å². The molecule has 1 amide bonds. The molecule has 2 fully saturated rings. The van der Waals surface area contributed by atoms with E-state index in [0.29, 0.717) is 55.5 Å². The van der Waals surface area contributed by atoms with Gasteiger partial charge in [-0.3, -0.25) is 4.79 Å². The maximum absolute atomic E-state index is 12.8. The number of ether oxygens (including phenoxy) is 1. The van der Waals surface area contributed by atoms with Crippen LogP contribution in [-0.2, 0) is 9.53 Å². The molecule has 34 heavy (non-hydrogen) atoms. The first kappa shape index (κ1) is 23.7. The van der Waals surface area contributed by atoms with Gasteiger partial charge in [0.1, 0.15) is 11.9 Å². The number of aromatic nitrogens is 1. The molecule has 4 rings (SSSR count). The van der Waals surface area contributed by atoms with Crippen LogP contribution in [-0.4, -0.2) is 55.2 Å². The molecule has 7 heteroatoms. The minimum absolute atomic E-state index is 0.0369. The van der Waals surface area contributed by atoms with Crippen LogP contribution in [0.5, 0.6) is 0 Å². The molecule has 0 radical (unpaired) electrons. The third-order valence-electron chi connectivity index (χ3n) is 6.78. The Kier molecular flexibility index (Phi) is 7.14. The predicted molar refractivity (Wildman–Crippen MR) is 130 cm³/mol. The summed E-state index contributed by atoms with van der Waals surface area (Å²) in [5, 5.41) is 19.7. The largest absolute Gasteiger partial charge is 0.384 e. The molecule has 1 aliphatic carbocycles. The van der Waals surface area contributed by atoms with E-state index in [9.17, 15) is 15.3 Å². The smallest absolute Gasteiger partial charge is 0.225 e. The molecule has 176 valence electrons. The van der Waals surface area contributed by atoms with Crippen LogP contribution in [0.25, 0.3) is 11.1 Å². The molecule has 1 aromatic carbocycles. The van der Waals surface area contributed by atoms with Gasteiger partial charge in [0, 0.05) is 43.8 Å². The van der Waals surface area contributed by atoms with E-state index < -0.39 is 0 Å². The van der Waals surface area contributed by atoms with Crippen molar-refractivity contribution < 1.29 is 9.53 Å². The second-order valence-corrected chi connectivity index (χ2v) is 9.42. The minimum atomic E-state index is 0.0369. The van der Waals surface area contributed by atoms with Gasteiger partial charge in [0.25, 0.3) is 0 Å². The number of anilines is 1. The van der Waals surface area contributed by atoms with Gasteiger partial charge in [-0.15, -0.1) is 0 Å². The van der Waals surface area contributed by atoms with Crippen molar-refractivity contribution in [2.24, 2.45) is 5.92 Å². The lowest BCUT2D eigenvalue weighted by Gasteiger charge is -2.44. The average Bonchev–Trinajstić information content (AvgIpc) is 3.71. The zero-order valence-corrected chi connectivity index (χ0v) is 20.1. The summed E-state index contributed by atoms with van der Waals surface area (Å²) >= 11 is 0. The summed E-state index contributed by atoms with van der Waals surface area (Å²) in [6.07, 6.45) is 2.51. The zero-order valence-electron chi connectivity index (χ0n) is 20.1. The number of methoxy groups -OCH3 is 1. The fourth-order valence-corrected chi connectivity index (χ4v) is 4.76. The summed E-state index contributed by atoms with van der Waals surface area (Å²) < 4.78 is 5.10. The Bertz CT molecular complexity index is 1140. The lowest BCUT2D eigenvalue weighted by Crippen LogP contribution is -2.57. The van der Waals surface area contributed by atoms with Crippen LogP contribution in [0.2, 0.25) is 0 Å². The van der Waals surface area contributed by atoms with E-state index in [1.807, 2.05) is 29.2 Å². The molecule has 2 aromatic rings. The molecule has 1 saturated carbocycles. The molecular weight excluding hydrogens is 426 g/mol. The molecule has 0 N–H and O–H groups in total. The summed E-state index contributed by atoms with van der Waals surface area (Å²) in [5.74, 6) is 1.42. The van der Waals surface area contributed by atoms with Crippen LogP contribution < -0.4 is 4.90 Å². The summed E-state index contributed by atoms with van der Waals surface area (Å²) in [6, 6.07) is 14.1. The molecular formula is C27H31N5O2. The Hall–Kier alpha value is -3.42. The summed E-state index contributed by atoms with van der Waals surface area (Å²) in [6.45, 7) is 6.52. The number of hydrogen-bond donors (Lipinski definition) is 0. The van der Waals surface area contributed by atoms with Crippen LogP contribution >= 0.6 is 0 Å². The molecule has 1 unspecified atom stereocenters. The van der Waals surface area contributed by atoms with Crippen LogP contribution in [0.15, 0.2) is 30.3 Å². The number of amides is 1. The molecule has 1 aromatic heterocycles. The first-order chi connectivity index (χ1) is 16.5. The van der Waals surface area contributed by atoms with Crippen LogP contribution in [0.1, 0.15) is 55.8 Å². The Morgan fingerprint density at radius 2 is 1.88 bits per heavy atom. The Labute approximate surface area is 201 Å². The van der Waals surface area contributed by atoms with E-state index in [4.69, 9.17) is 9.72 Å². The number of rotatable bonds is 7. The highest BCUT2D eigenvalue weighted by Crippen LogP contribution is 2.45. The van der Waals surface area contributed by atoms with Gasteiger partial charge in [-0.25, -0.2) is 4.98 Å². The number of benzene rings is 1. The molecule has 1 atom stereocenters. The first-order valence-electron chi connectivity index (χ1n) is 12.0. The van der Waals surface area contributed by atoms with Crippen LogP contribution in [0.3, 0.4) is 0 Å². The van der Waals surface area contributed by atoms with Crippen molar-refractivity contribution in [3.05, 3.63) is 47.2 Å². The van der Waals surface area contributed by atoms with Crippen molar-refractivity contribution in [2.45, 2.75) is 45.1 Å². The Morgan fingerprint density at radius 3 is 2.53 bits per heavy atom. The molecule has 7 nitrogen and oxygen atoms in total. The van der Waals surface area contributed by atoms with Crippen molar-refractivity contribution in [2.75, 3.05) is 38.3 Å². The molecule has 2 aliphatic rings. The van der Waals surface area contributed by atoms with Crippen molar-refractivity contribution in [3.8, 4) is 23.3 Å². The van der Waals surface area contributed by atoms with E-state index in [1.165, 1.54) is 0 Å². The summed E-state index contributed by atoms with van der Waals surface area (Å²) in [7, 11) is 1.61. The fraction of sp³-hybridized carbons (Fsp3) is 0.481. The number of nitriles is 2. The van der Waals surface area contributed by atoms with Crippen LogP contribution in [0.4, 0.5) is 5.82 Å². The van der Waals surface area contributed by atoms with Crippen molar-refractivity contribution in [1.82, 2.24) is 9.88 Å². The van der Waals surface area contributed by atoms with Gasteiger partial charge in [0.05, 0.1) is 42.0 Å². The van der Waals surface area contributed by atoms with Crippen molar-refractivity contribution >= 4 is 11.7 Å². The fourth-order valence-electron chi connectivity index (χ4n) is 4.76. The van der Waals surface area contributed by atoms with Gasteiger partial charge in [0.2, 0.25) is 5.91 Å². The maximum atomic E-state index is 12.8. The van der Waals surface area contributed by atoms with Gasteiger partial charge in [-0.05, 0) is 30.9 Å². The molecule has 1 aliphatic heterocycles. The monoisotopic (exact) mass is 457 g/mol. The van der Waals surface area contributed by atoms with Gasteiger partial charge in [0.15, 0.2) is 0 Å². The number of hydrogen-bond acceptors (Lipinski definition) is 6. The maximum Gasteiger partial charge on any atom is 0.225 e. The van der Waals surface area contributed by atoms with Crippen LogP contribution in [0, 0.1) is 28.6 Å². The minimum Gasteiger partial charge on any atom is -0.384 e. The lowest BCUT2D eigenvalue weighted by atomic mass is 9.95. The van der Waals surface area contributed by atoms with E-state index in [-0.39, 0.29) is 17.9 Å². The second kappa shape index (κ2) is 10.2. The summed E-state index contributed by atoms with van der Waals surface area (Å²) in [5.41, 5.74) is 3.78. The SMILES string of the molecule is COCCC(=O)N1CCN(c2nc(C3CC3)c(-c3ccccc3C#N)cc2C#N)CC1C(C)C. The third-order valence-corrected chi connectivity index (χ3v) is 6.78. The predicted octanol–water partition coefficient (Wildman–Crippen LogP) is 4.08. The Morgan fingerprint density at radius 1 is 1.15 bits per heavy atom. The normalized spacial score (nSPS) is 18.0. The van der Waals surface area contributed by atoms with Gasteiger partial charge in [-0.1, -0.05) is 32.0 Å². The summed E-state index contributed by atoms with van der Waals surface area (Å²) in [4.78, 5) is 22.0. The molecule has 1 saturated heterocycles. The van der Waals surface area contributed by atoms with E-state index in [2.05, 4.69) is 30.9 Å². The van der Waals surface area contributed by atoms with Crippen molar-refractivity contribution in [3.63, 3.8) is 0 Å². The average molecular weight is 458 g/mol. The number of piperazine rings is 1. The lowest BCUT2D eigenvalue weighted by molar-refractivity contribution is -0.135. The van der Waals surface area contributed by atoms with Gasteiger partial charge >= 0.3 is 0 Å². The number of carbonyl (C=O) groups excluding carboxylic acids is 1. The van der Waals surface area contributed by atoms with Crippen molar-refractivity contribution in [1.29, 1.82) is 10.5 Å². The highest BCUT2D eigenvalue weighted by Gasteiger charge is 2.35.